The van der Waals surface area contributed by atoms with E-state index in [0.717, 1.165) is 16.7 Å². The molecule has 1 aromatic carbocycles. The largest absolute Gasteiger partial charge is 0.434 e. The summed E-state index contributed by atoms with van der Waals surface area (Å²) >= 11 is 0.945. The van der Waals surface area contributed by atoms with Crippen molar-refractivity contribution in [3.8, 4) is 0 Å². The van der Waals surface area contributed by atoms with Gasteiger partial charge in [-0.25, -0.2) is 4.98 Å². The van der Waals surface area contributed by atoms with E-state index in [2.05, 4.69) is 20.6 Å². The molecule has 1 heterocycles. The molecule has 0 atom stereocenters. The van der Waals surface area contributed by atoms with Crippen molar-refractivity contribution in [1.29, 1.82) is 0 Å². The third kappa shape index (κ3) is 6.93. The lowest BCUT2D eigenvalue weighted by molar-refractivity contribution is -0.385. The Kier molecular flexibility index (Phi) is 8.88. The molecule has 12 heteroatoms. The number of hydrogen-bond acceptors (Lipinski definition) is 5. The van der Waals surface area contributed by atoms with Crippen molar-refractivity contribution in [2.24, 2.45) is 4.99 Å². The normalized spacial score (nSPS) is 11.6. The summed E-state index contributed by atoms with van der Waals surface area (Å²) in [5.74, 6) is 0.385. The van der Waals surface area contributed by atoms with E-state index in [1.54, 1.807) is 18.2 Å². The highest BCUT2D eigenvalue weighted by atomic mass is 127. The average molecular weight is 515 g/mol. The topological polar surface area (TPSA) is 92.5 Å². The number of thiazole rings is 1. The van der Waals surface area contributed by atoms with Gasteiger partial charge in [0.15, 0.2) is 11.7 Å². The van der Waals surface area contributed by atoms with E-state index >= 15 is 0 Å². The Morgan fingerprint density at radius 3 is 2.63 bits per heavy atom. The summed E-state index contributed by atoms with van der Waals surface area (Å²) in [4.78, 5) is 18.0. The smallest absolute Gasteiger partial charge is 0.356 e. The van der Waals surface area contributed by atoms with E-state index in [-0.39, 0.29) is 36.2 Å². The fourth-order valence-corrected chi connectivity index (χ4v) is 2.89. The van der Waals surface area contributed by atoms with Crippen molar-refractivity contribution in [2.75, 3.05) is 13.6 Å². The number of nitro benzene ring substituents is 1. The maximum atomic E-state index is 12.5. The SMILES string of the molecule is CN=C(NCCc1nc(C(F)(F)F)cs1)NCc1ccccc1[N+](=O)[O-].I. The van der Waals surface area contributed by atoms with Crippen LogP contribution >= 0.6 is 35.3 Å². The lowest BCUT2D eigenvalue weighted by atomic mass is 10.2. The molecule has 2 aromatic rings. The number of alkyl halides is 3. The molecule has 1 aromatic heterocycles. The minimum Gasteiger partial charge on any atom is -0.356 e. The van der Waals surface area contributed by atoms with Crippen LogP contribution in [0.4, 0.5) is 18.9 Å². The molecule has 0 radical (unpaired) electrons. The highest BCUT2D eigenvalue weighted by Gasteiger charge is 2.33. The molecular formula is C15H17F3IN5O2S. The Labute approximate surface area is 174 Å². The van der Waals surface area contributed by atoms with Crippen LogP contribution in [0.3, 0.4) is 0 Å². The van der Waals surface area contributed by atoms with Gasteiger partial charge in [-0.1, -0.05) is 18.2 Å². The lowest BCUT2D eigenvalue weighted by Gasteiger charge is -2.11. The standard InChI is InChI=1S/C15H16F3N5O2S.HI/c1-19-14(21-8-10-4-2-3-5-11(10)23(24)25)20-7-6-13-22-12(9-26-13)15(16,17)18;/h2-5,9H,6-8H2,1H3,(H2,19,20,21);1H. The maximum absolute atomic E-state index is 12.5. The Balaban J connectivity index is 0.00000364. The summed E-state index contributed by atoms with van der Waals surface area (Å²) < 4.78 is 37.5. The Morgan fingerprint density at radius 1 is 1.33 bits per heavy atom. The van der Waals surface area contributed by atoms with Gasteiger partial charge in [0.25, 0.3) is 5.69 Å². The number of nitrogens with zero attached hydrogens (tertiary/aromatic N) is 3. The zero-order valence-corrected chi connectivity index (χ0v) is 17.3. The van der Waals surface area contributed by atoms with Gasteiger partial charge in [-0.05, 0) is 0 Å². The van der Waals surface area contributed by atoms with Gasteiger partial charge in [-0.3, -0.25) is 15.1 Å². The number of nitro groups is 1. The van der Waals surface area contributed by atoms with Crippen LogP contribution < -0.4 is 10.6 Å². The van der Waals surface area contributed by atoms with Gasteiger partial charge < -0.3 is 10.6 Å². The second-order valence-corrected chi connectivity index (χ2v) is 6.06. The molecule has 0 aliphatic carbocycles. The van der Waals surface area contributed by atoms with Gasteiger partial charge >= 0.3 is 6.18 Å². The van der Waals surface area contributed by atoms with Crippen molar-refractivity contribution >= 4 is 47.0 Å². The number of hydrogen-bond donors (Lipinski definition) is 2. The monoisotopic (exact) mass is 515 g/mol. The van der Waals surface area contributed by atoms with Crippen LogP contribution in [0.25, 0.3) is 0 Å². The van der Waals surface area contributed by atoms with Crippen LogP contribution in [0.2, 0.25) is 0 Å². The molecule has 0 unspecified atom stereocenters. The minimum absolute atomic E-state index is 0. The summed E-state index contributed by atoms with van der Waals surface area (Å²) in [5, 5.41) is 18.2. The lowest BCUT2D eigenvalue weighted by Crippen LogP contribution is -2.38. The van der Waals surface area contributed by atoms with Crippen LogP contribution in [0, 0.1) is 10.1 Å². The highest BCUT2D eigenvalue weighted by Crippen LogP contribution is 2.30. The first kappa shape index (κ1) is 23.1. The van der Waals surface area contributed by atoms with Crippen LogP contribution in [0.5, 0.6) is 0 Å². The number of aromatic nitrogens is 1. The van der Waals surface area contributed by atoms with Crippen LogP contribution in [0.15, 0.2) is 34.6 Å². The van der Waals surface area contributed by atoms with E-state index in [9.17, 15) is 23.3 Å². The molecule has 7 nitrogen and oxygen atoms in total. The first-order valence-electron chi connectivity index (χ1n) is 7.49. The fraction of sp³-hybridized carbons (Fsp3) is 0.333. The number of rotatable bonds is 6. The highest BCUT2D eigenvalue weighted by molar-refractivity contribution is 14.0. The second-order valence-electron chi connectivity index (χ2n) is 5.11. The van der Waals surface area contributed by atoms with Crippen LogP contribution in [-0.2, 0) is 19.1 Å². The summed E-state index contributed by atoms with van der Waals surface area (Å²) in [6.45, 7) is 0.508. The van der Waals surface area contributed by atoms with Crippen molar-refractivity contribution in [1.82, 2.24) is 15.6 Å². The van der Waals surface area contributed by atoms with E-state index < -0.39 is 16.8 Å². The third-order valence-corrected chi connectivity index (χ3v) is 4.24. The molecule has 0 aliphatic heterocycles. The molecule has 0 fully saturated rings. The van der Waals surface area contributed by atoms with Crippen molar-refractivity contribution in [3.63, 3.8) is 0 Å². The number of nitrogens with one attached hydrogen (secondary N) is 2. The molecule has 27 heavy (non-hydrogen) atoms. The summed E-state index contributed by atoms with van der Waals surface area (Å²) in [6, 6.07) is 6.32. The number of halogens is 4. The van der Waals surface area contributed by atoms with Crippen molar-refractivity contribution in [3.05, 3.63) is 56.0 Å². The number of guanidine groups is 1. The zero-order valence-electron chi connectivity index (χ0n) is 14.1. The van der Waals surface area contributed by atoms with Crippen molar-refractivity contribution in [2.45, 2.75) is 19.1 Å². The molecule has 2 N–H and O–H groups in total. The molecular weight excluding hydrogens is 498 g/mol. The third-order valence-electron chi connectivity index (χ3n) is 3.33. The van der Waals surface area contributed by atoms with E-state index in [1.165, 1.54) is 13.1 Å². The molecule has 0 amide bonds. The number of aliphatic imine (C=N–C) groups is 1. The number of benzene rings is 1. The number of para-hydroxylation sites is 1. The first-order valence-corrected chi connectivity index (χ1v) is 8.37. The van der Waals surface area contributed by atoms with Gasteiger partial charge in [0.1, 0.15) is 0 Å². The molecule has 0 saturated heterocycles. The van der Waals surface area contributed by atoms with E-state index in [1.807, 2.05) is 0 Å². The molecule has 148 valence electrons. The molecule has 0 saturated carbocycles. The zero-order chi connectivity index (χ0) is 19.2. The minimum atomic E-state index is -4.44. The summed E-state index contributed by atoms with van der Waals surface area (Å²) in [6.07, 6.45) is -4.14. The summed E-state index contributed by atoms with van der Waals surface area (Å²) in [7, 11) is 1.53. The predicted molar refractivity (Wildman–Crippen MR) is 108 cm³/mol. The summed E-state index contributed by atoms with van der Waals surface area (Å²) in [5.41, 5.74) is -0.399. The van der Waals surface area contributed by atoms with Gasteiger partial charge in [0.05, 0.1) is 9.93 Å². The average Bonchev–Trinajstić information content (AvgIpc) is 3.07. The van der Waals surface area contributed by atoms with Gasteiger partial charge in [0, 0.05) is 43.6 Å². The van der Waals surface area contributed by atoms with Gasteiger partial charge in [0.2, 0.25) is 0 Å². The molecule has 2 rings (SSSR count). The predicted octanol–water partition coefficient (Wildman–Crippen LogP) is 3.60. The molecule has 0 aliphatic rings. The first-order chi connectivity index (χ1) is 12.3. The van der Waals surface area contributed by atoms with E-state index in [4.69, 9.17) is 0 Å². The van der Waals surface area contributed by atoms with E-state index in [0.29, 0.717) is 29.5 Å². The second kappa shape index (κ2) is 10.4. The van der Waals surface area contributed by atoms with Crippen molar-refractivity contribution < 1.29 is 18.1 Å². The quantitative estimate of drug-likeness (QED) is 0.202. The van der Waals surface area contributed by atoms with Gasteiger partial charge in [-0.2, -0.15) is 13.2 Å². The molecule has 0 spiro atoms. The molecule has 0 bridgehead atoms. The van der Waals surface area contributed by atoms with Crippen LogP contribution in [-0.4, -0.2) is 29.5 Å². The Morgan fingerprint density at radius 2 is 2.04 bits per heavy atom. The van der Waals surface area contributed by atoms with Crippen LogP contribution in [0.1, 0.15) is 16.3 Å². The maximum Gasteiger partial charge on any atom is 0.434 e. The van der Waals surface area contributed by atoms with Gasteiger partial charge in [-0.15, -0.1) is 35.3 Å². The Hall–Kier alpha value is -1.96. The Bertz CT molecular complexity index is 798. The fourth-order valence-electron chi connectivity index (χ4n) is 2.08.